The van der Waals surface area contributed by atoms with Crippen LogP contribution in [-0.2, 0) is 10.0 Å². The van der Waals surface area contributed by atoms with E-state index >= 15 is 0 Å². The van der Waals surface area contributed by atoms with Crippen LogP contribution in [0, 0.1) is 10.1 Å². The average Bonchev–Trinajstić information content (AvgIpc) is 3.45. The van der Waals surface area contributed by atoms with E-state index in [1.165, 1.54) is 33.8 Å². The van der Waals surface area contributed by atoms with Gasteiger partial charge in [-0.1, -0.05) is 12.1 Å². The van der Waals surface area contributed by atoms with Gasteiger partial charge in [0, 0.05) is 38.3 Å². The fourth-order valence-electron chi connectivity index (χ4n) is 3.08. The van der Waals surface area contributed by atoms with Crippen LogP contribution in [0.3, 0.4) is 0 Å². The van der Waals surface area contributed by atoms with Crippen molar-refractivity contribution in [1.82, 2.24) is 14.2 Å². The standard InChI is InChI=1S/C18H16N4O5S3/c23-18(16-12-19-17(29-16)15-5-2-10-28-15)20-6-8-21(9-7-20)30(26,27)14-4-1-3-13(11-14)22(24)25/h1-5,10-12H,6-9H2. The molecule has 1 aliphatic heterocycles. The Balaban J connectivity index is 1.44. The van der Waals surface area contributed by atoms with Gasteiger partial charge in [-0.05, 0) is 17.5 Å². The molecule has 9 nitrogen and oxygen atoms in total. The van der Waals surface area contributed by atoms with Gasteiger partial charge in [0.15, 0.2) is 0 Å². The summed E-state index contributed by atoms with van der Waals surface area (Å²) in [6.45, 7) is 0.707. The maximum atomic E-state index is 12.8. The maximum absolute atomic E-state index is 12.8. The lowest BCUT2D eigenvalue weighted by Gasteiger charge is -2.33. The van der Waals surface area contributed by atoms with Crippen LogP contribution >= 0.6 is 22.7 Å². The summed E-state index contributed by atoms with van der Waals surface area (Å²) in [5.41, 5.74) is -0.281. The van der Waals surface area contributed by atoms with Crippen molar-refractivity contribution >= 4 is 44.3 Å². The van der Waals surface area contributed by atoms with E-state index in [1.54, 1.807) is 22.4 Å². The Morgan fingerprint density at radius 2 is 1.90 bits per heavy atom. The molecule has 3 heterocycles. The fourth-order valence-corrected chi connectivity index (χ4v) is 6.23. The zero-order valence-electron chi connectivity index (χ0n) is 15.5. The molecule has 12 heteroatoms. The highest BCUT2D eigenvalue weighted by Gasteiger charge is 2.31. The van der Waals surface area contributed by atoms with Crippen molar-refractivity contribution in [3.8, 4) is 9.88 Å². The van der Waals surface area contributed by atoms with Crippen molar-refractivity contribution in [1.29, 1.82) is 0 Å². The van der Waals surface area contributed by atoms with Gasteiger partial charge in [-0.3, -0.25) is 14.9 Å². The predicted molar refractivity (Wildman–Crippen MR) is 113 cm³/mol. The van der Waals surface area contributed by atoms with Gasteiger partial charge in [0.1, 0.15) is 9.88 Å². The number of thiazole rings is 1. The Kier molecular flexibility index (Phi) is 5.64. The van der Waals surface area contributed by atoms with Crippen molar-refractivity contribution in [2.75, 3.05) is 26.2 Å². The molecule has 3 aromatic rings. The molecule has 1 saturated heterocycles. The number of non-ortho nitro benzene ring substituents is 1. The van der Waals surface area contributed by atoms with Crippen LogP contribution in [0.5, 0.6) is 0 Å². The molecule has 1 aromatic carbocycles. The second kappa shape index (κ2) is 8.22. The first-order valence-electron chi connectivity index (χ1n) is 8.90. The summed E-state index contributed by atoms with van der Waals surface area (Å²) in [7, 11) is -3.87. The minimum absolute atomic E-state index is 0.118. The normalized spacial score (nSPS) is 15.3. The quantitative estimate of drug-likeness (QED) is 0.424. The SMILES string of the molecule is O=C(c1cnc(-c2cccs2)s1)N1CCN(S(=O)(=O)c2cccc([N+](=O)[O-])c2)CC1. The van der Waals surface area contributed by atoms with Crippen molar-refractivity contribution in [2.24, 2.45) is 0 Å². The van der Waals surface area contributed by atoms with Crippen molar-refractivity contribution in [3.05, 3.63) is 63.0 Å². The molecule has 1 amide bonds. The van der Waals surface area contributed by atoms with Gasteiger partial charge in [0.25, 0.3) is 11.6 Å². The third-order valence-electron chi connectivity index (χ3n) is 4.64. The van der Waals surface area contributed by atoms with E-state index in [-0.39, 0.29) is 42.7 Å². The Bertz CT molecular complexity index is 1180. The molecular formula is C18H16N4O5S3. The van der Waals surface area contributed by atoms with Crippen LogP contribution in [0.15, 0.2) is 52.9 Å². The largest absolute Gasteiger partial charge is 0.335 e. The molecule has 156 valence electrons. The zero-order chi connectivity index (χ0) is 21.3. The third-order valence-corrected chi connectivity index (χ3v) is 8.56. The van der Waals surface area contributed by atoms with Crippen LogP contribution in [0.4, 0.5) is 5.69 Å². The van der Waals surface area contributed by atoms with E-state index < -0.39 is 14.9 Å². The summed E-state index contributed by atoms with van der Waals surface area (Å²) in [5.74, 6) is -0.178. The van der Waals surface area contributed by atoms with E-state index in [1.807, 2.05) is 17.5 Å². The fraction of sp³-hybridized carbons (Fsp3) is 0.222. The molecule has 30 heavy (non-hydrogen) atoms. The summed E-state index contributed by atoms with van der Waals surface area (Å²) in [5, 5.41) is 13.7. The van der Waals surface area contributed by atoms with E-state index in [0.717, 1.165) is 16.0 Å². The second-order valence-electron chi connectivity index (χ2n) is 6.46. The molecule has 0 radical (unpaired) electrons. The number of nitro benzene ring substituents is 1. The van der Waals surface area contributed by atoms with Gasteiger partial charge in [-0.2, -0.15) is 4.31 Å². The van der Waals surface area contributed by atoms with Crippen molar-refractivity contribution in [3.63, 3.8) is 0 Å². The zero-order valence-corrected chi connectivity index (χ0v) is 18.0. The third kappa shape index (κ3) is 3.99. The summed E-state index contributed by atoms with van der Waals surface area (Å²) in [6.07, 6.45) is 1.55. The molecule has 0 saturated carbocycles. The smallest absolute Gasteiger partial charge is 0.270 e. The number of piperazine rings is 1. The van der Waals surface area contributed by atoms with Gasteiger partial charge in [0.2, 0.25) is 10.0 Å². The van der Waals surface area contributed by atoms with E-state index in [0.29, 0.717) is 4.88 Å². The van der Waals surface area contributed by atoms with Gasteiger partial charge < -0.3 is 4.90 Å². The first-order valence-corrected chi connectivity index (χ1v) is 12.0. The molecule has 4 rings (SSSR count). The summed E-state index contributed by atoms with van der Waals surface area (Å²) in [6, 6.07) is 8.84. The first-order chi connectivity index (χ1) is 14.4. The lowest BCUT2D eigenvalue weighted by molar-refractivity contribution is -0.385. The molecule has 0 bridgehead atoms. The van der Waals surface area contributed by atoms with Gasteiger partial charge in [-0.15, -0.1) is 22.7 Å². The minimum Gasteiger partial charge on any atom is -0.335 e. The number of hydrogen-bond donors (Lipinski definition) is 0. The molecule has 0 spiro atoms. The number of carbonyl (C=O) groups is 1. The summed E-state index contributed by atoms with van der Waals surface area (Å²) in [4.78, 5) is 30.4. The number of carbonyl (C=O) groups excluding carboxylic acids is 1. The Morgan fingerprint density at radius 3 is 2.57 bits per heavy atom. The maximum Gasteiger partial charge on any atom is 0.270 e. The number of hydrogen-bond acceptors (Lipinski definition) is 8. The lowest BCUT2D eigenvalue weighted by Crippen LogP contribution is -2.50. The van der Waals surface area contributed by atoms with Crippen molar-refractivity contribution in [2.45, 2.75) is 4.90 Å². The molecule has 0 aliphatic carbocycles. The Morgan fingerprint density at radius 1 is 1.13 bits per heavy atom. The number of benzene rings is 1. The Labute approximate surface area is 180 Å². The van der Waals surface area contributed by atoms with Crippen LogP contribution in [0.1, 0.15) is 9.67 Å². The second-order valence-corrected chi connectivity index (χ2v) is 10.4. The number of nitrogens with zero attached hydrogens (tertiary/aromatic N) is 4. The topological polar surface area (TPSA) is 114 Å². The number of thiophene rings is 1. The number of rotatable bonds is 5. The molecule has 0 unspecified atom stereocenters. The number of amides is 1. The molecular weight excluding hydrogens is 448 g/mol. The highest BCUT2D eigenvalue weighted by Crippen LogP contribution is 2.30. The molecule has 2 aromatic heterocycles. The number of nitro groups is 1. The summed E-state index contributed by atoms with van der Waals surface area (Å²) >= 11 is 2.86. The number of aromatic nitrogens is 1. The van der Waals surface area contributed by atoms with Crippen molar-refractivity contribution < 1.29 is 18.1 Å². The van der Waals surface area contributed by atoms with E-state index in [2.05, 4.69) is 4.98 Å². The molecule has 0 atom stereocenters. The molecule has 1 aliphatic rings. The van der Waals surface area contributed by atoms with Gasteiger partial charge in [-0.25, -0.2) is 13.4 Å². The highest BCUT2D eigenvalue weighted by molar-refractivity contribution is 7.89. The highest BCUT2D eigenvalue weighted by atomic mass is 32.2. The van der Waals surface area contributed by atoms with Crippen LogP contribution < -0.4 is 0 Å². The van der Waals surface area contributed by atoms with E-state index in [9.17, 15) is 23.3 Å². The van der Waals surface area contributed by atoms with Crippen LogP contribution in [0.25, 0.3) is 9.88 Å². The van der Waals surface area contributed by atoms with Crippen LogP contribution in [-0.4, -0.2) is 59.6 Å². The minimum atomic E-state index is -3.87. The monoisotopic (exact) mass is 464 g/mol. The molecule has 1 fully saturated rings. The first kappa shape index (κ1) is 20.6. The summed E-state index contributed by atoms with van der Waals surface area (Å²) < 4.78 is 26.9. The predicted octanol–water partition coefficient (Wildman–Crippen LogP) is 2.93. The average molecular weight is 465 g/mol. The van der Waals surface area contributed by atoms with E-state index in [4.69, 9.17) is 0 Å². The van der Waals surface area contributed by atoms with Gasteiger partial charge in [0.05, 0.1) is 20.9 Å². The lowest BCUT2D eigenvalue weighted by atomic mass is 10.3. The molecule has 0 N–H and O–H groups in total. The number of sulfonamides is 1. The van der Waals surface area contributed by atoms with Crippen LogP contribution in [0.2, 0.25) is 0 Å². The van der Waals surface area contributed by atoms with Gasteiger partial charge >= 0.3 is 0 Å². The Hall–Kier alpha value is -2.67.